The molecule has 11 heavy (non-hydrogen) atoms. The van der Waals surface area contributed by atoms with Gasteiger partial charge in [-0.25, -0.2) is 5.31 Å². The van der Waals surface area contributed by atoms with E-state index in [0.29, 0.717) is 5.41 Å². The molecule has 0 aromatic carbocycles. The Morgan fingerprint density at radius 1 is 1.45 bits per heavy atom. The molecule has 0 aromatic heterocycles. The monoisotopic (exact) mass is 167 g/mol. The lowest BCUT2D eigenvalue weighted by atomic mass is 10.0. The van der Waals surface area contributed by atoms with Crippen molar-refractivity contribution in [3.05, 3.63) is 23.5 Å². The van der Waals surface area contributed by atoms with Crippen LogP contribution in [0.1, 0.15) is 27.2 Å². The maximum Gasteiger partial charge on any atom is -0.0416 e. The number of hydrogen-bond donors (Lipinski definition) is 0. The van der Waals surface area contributed by atoms with Gasteiger partial charge in [0.1, 0.15) is 0 Å². The van der Waals surface area contributed by atoms with E-state index in [0.717, 1.165) is 0 Å². The van der Waals surface area contributed by atoms with Crippen LogP contribution in [0, 0.1) is 5.41 Å². The van der Waals surface area contributed by atoms with Crippen molar-refractivity contribution in [3.8, 4) is 0 Å². The van der Waals surface area contributed by atoms with Crippen LogP contribution in [0.5, 0.6) is 0 Å². The minimum atomic E-state index is 0.477. The van der Waals surface area contributed by atoms with Crippen LogP contribution < -0.4 is 0 Å². The zero-order valence-corrected chi connectivity index (χ0v) is 8.49. The summed E-state index contributed by atoms with van der Waals surface area (Å²) in [6.45, 7) is 6.88. The van der Waals surface area contributed by atoms with E-state index in [4.69, 9.17) is 0 Å². The lowest BCUT2D eigenvalue weighted by molar-refractivity contribution is 0.479. The molecule has 1 aliphatic carbocycles. The molecule has 0 fully saturated rings. The Kier molecular flexibility index (Phi) is 2.90. The first kappa shape index (κ1) is 9.00. The fourth-order valence-electron chi connectivity index (χ4n) is 0.892. The first-order chi connectivity index (χ1) is 5.08. The van der Waals surface area contributed by atoms with Gasteiger partial charge in [-0.15, -0.1) is 0 Å². The van der Waals surface area contributed by atoms with E-state index in [2.05, 4.69) is 39.0 Å². The molecule has 1 rings (SSSR count). The molecule has 0 aliphatic heterocycles. The van der Waals surface area contributed by atoms with Crippen molar-refractivity contribution in [2.75, 3.05) is 6.16 Å². The fourth-order valence-corrected chi connectivity index (χ4v) is 2.00. The lowest BCUT2D eigenvalue weighted by Gasteiger charge is -2.29. The van der Waals surface area contributed by atoms with Gasteiger partial charge in [-0.1, -0.05) is 44.4 Å². The molecule has 0 saturated heterocycles. The largest absolute Gasteiger partial charge is 0.510 e. The van der Waals surface area contributed by atoms with Crippen LogP contribution in [0.15, 0.2) is 23.5 Å². The standard InChI is InChI=1S/C10H16P/c1-10(2,3)8-11-9-6-4-5-7-9/h4-6H,7-8H2,1-3H3/q-1. The summed E-state index contributed by atoms with van der Waals surface area (Å²) in [5, 5.41) is 1.57. The van der Waals surface area contributed by atoms with Crippen molar-refractivity contribution in [1.82, 2.24) is 0 Å². The molecular weight excluding hydrogens is 151 g/mol. The number of hydrogen-bond acceptors (Lipinski definition) is 0. The first-order valence-electron chi connectivity index (χ1n) is 4.11. The molecule has 0 spiro atoms. The minimum Gasteiger partial charge on any atom is -0.510 e. The van der Waals surface area contributed by atoms with E-state index in [9.17, 15) is 0 Å². The van der Waals surface area contributed by atoms with Gasteiger partial charge in [0.2, 0.25) is 0 Å². The van der Waals surface area contributed by atoms with Crippen molar-refractivity contribution < 1.29 is 0 Å². The number of rotatable bonds is 2. The second kappa shape index (κ2) is 3.54. The summed E-state index contributed by atoms with van der Waals surface area (Å²) in [6, 6.07) is 0. The Balaban J connectivity index is 2.23. The van der Waals surface area contributed by atoms with E-state index in [1.165, 1.54) is 21.2 Å². The minimum absolute atomic E-state index is 0.477. The molecule has 0 atom stereocenters. The van der Waals surface area contributed by atoms with Gasteiger partial charge in [-0.05, 0) is 6.42 Å². The summed E-state index contributed by atoms with van der Waals surface area (Å²) >= 11 is 0. The molecule has 0 bridgehead atoms. The van der Waals surface area contributed by atoms with Gasteiger partial charge in [0.25, 0.3) is 0 Å². The molecule has 0 nitrogen and oxygen atoms in total. The first-order valence-corrected chi connectivity index (χ1v) is 5.19. The van der Waals surface area contributed by atoms with Crippen molar-refractivity contribution >= 4 is 8.58 Å². The SMILES string of the molecule is CC(C)(C)C[P-]C1=CC=CC1. The maximum absolute atomic E-state index is 2.29. The van der Waals surface area contributed by atoms with E-state index in [1.807, 2.05) is 0 Å². The Morgan fingerprint density at radius 3 is 2.64 bits per heavy atom. The second-order valence-electron chi connectivity index (χ2n) is 4.17. The summed E-state index contributed by atoms with van der Waals surface area (Å²) in [5.41, 5.74) is 0.477. The zero-order valence-electron chi connectivity index (χ0n) is 7.59. The highest BCUT2D eigenvalue weighted by Crippen LogP contribution is 2.35. The predicted molar refractivity (Wildman–Crippen MR) is 53.1 cm³/mol. The highest BCUT2D eigenvalue weighted by molar-refractivity contribution is 7.43. The highest BCUT2D eigenvalue weighted by Gasteiger charge is 2.02. The molecule has 0 aromatic rings. The fraction of sp³-hybridized carbons (Fsp3) is 0.600. The lowest BCUT2D eigenvalue weighted by Crippen LogP contribution is -2.06. The Hall–Kier alpha value is -0.0900. The van der Waals surface area contributed by atoms with Gasteiger partial charge in [0, 0.05) is 0 Å². The maximum atomic E-state index is 2.29. The summed E-state index contributed by atoms with van der Waals surface area (Å²) in [7, 11) is 1.51. The average Bonchev–Trinajstić information content (AvgIpc) is 2.32. The average molecular weight is 167 g/mol. The summed E-state index contributed by atoms with van der Waals surface area (Å²) in [5.74, 6) is 0. The summed E-state index contributed by atoms with van der Waals surface area (Å²) in [4.78, 5) is 0. The third-order valence-corrected chi connectivity index (χ3v) is 3.35. The van der Waals surface area contributed by atoms with Gasteiger partial charge >= 0.3 is 0 Å². The molecule has 1 heteroatoms. The van der Waals surface area contributed by atoms with E-state index in [-0.39, 0.29) is 0 Å². The van der Waals surface area contributed by atoms with Crippen molar-refractivity contribution in [3.63, 3.8) is 0 Å². The van der Waals surface area contributed by atoms with Crippen LogP contribution in [-0.4, -0.2) is 6.16 Å². The van der Waals surface area contributed by atoms with Gasteiger partial charge in [0.15, 0.2) is 0 Å². The molecule has 0 N–H and O–H groups in total. The second-order valence-corrected chi connectivity index (χ2v) is 5.37. The van der Waals surface area contributed by atoms with Crippen LogP contribution in [0.25, 0.3) is 0 Å². The van der Waals surface area contributed by atoms with Crippen LogP contribution >= 0.6 is 8.58 Å². The Morgan fingerprint density at radius 2 is 2.18 bits per heavy atom. The van der Waals surface area contributed by atoms with Crippen LogP contribution in [0.3, 0.4) is 0 Å². The van der Waals surface area contributed by atoms with Crippen LogP contribution in [0.2, 0.25) is 0 Å². The van der Waals surface area contributed by atoms with Crippen molar-refractivity contribution in [2.45, 2.75) is 27.2 Å². The molecule has 0 unspecified atom stereocenters. The molecule has 0 saturated carbocycles. The third-order valence-electron chi connectivity index (χ3n) is 1.51. The summed E-state index contributed by atoms with van der Waals surface area (Å²) < 4.78 is 0. The Bertz CT molecular complexity index is 182. The topological polar surface area (TPSA) is 0 Å². The van der Waals surface area contributed by atoms with E-state index < -0.39 is 0 Å². The van der Waals surface area contributed by atoms with Gasteiger partial charge in [-0.3, -0.25) is 0 Å². The normalized spacial score (nSPS) is 18.3. The van der Waals surface area contributed by atoms with E-state index in [1.54, 1.807) is 5.31 Å². The van der Waals surface area contributed by atoms with E-state index >= 15 is 0 Å². The Labute approximate surface area is 71.6 Å². The van der Waals surface area contributed by atoms with Crippen LogP contribution in [0.4, 0.5) is 0 Å². The quantitative estimate of drug-likeness (QED) is 0.548. The third kappa shape index (κ3) is 3.72. The molecular formula is C10H16P-. The van der Waals surface area contributed by atoms with Gasteiger partial charge < -0.3 is 8.58 Å². The van der Waals surface area contributed by atoms with Crippen molar-refractivity contribution in [2.24, 2.45) is 5.41 Å². The van der Waals surface area contributed by atoms with Gasteiger partial charge in [-0.2, -0.15) is 6.16 Å². The predicted octanol–water partition coefficient (Wildman–Crippen LogP) is 3.82. The molecule has 62 valence electrons. The molecule has 1 aliphatic rings. The summed E-state index contributed by atoms with van der Waals surface area (Å²) in [6.07, 6.45) is 9.08. The zero-order chi connectivity index (χ0) is 8.32. The van der Waals surface area contributed by atoms with Gasteiger partial charge in [0.05, 0.1) is 0 Å². The number of allylic oxidation sites excluding steroid dienone is 4. The molecule has 0 radical (unpaired) electrons. The molecule has 0 heterocycles. The van der Waals surface area contributed by atoms with Crippen molar-refractivity contribution in [1.29, 1.82) is 0 Å². The highest BCUT2D eigenvalue weighted by atomic mass is 31.1. The smallest absolute Gasteiger partial charge is 0.0416 e. The molecule has 0 amide bonds. The van der Waals surface area contributed by atoms with Crippen LogP contribution in [-0.2, 0) is 0 Å².